The molecule has 20 heavy (non-hydrogen) atoms. The summed E-state index contributed by atoms with van der Waals surface area (Å²) in [6.07, 6.45) is 1.68. The fraction of sp³-hybridized carbons (Fsp3) is 0.143. The highest BCUT2D eigenvalue weighted by atomic mass is 35.5. The van der Waals surface area contributed by atoms with E-state index < -0.39 is 6.04 Å². The minimum Gasteiger partial charge on any atom is -0.397 e. The summed E-state index contributed by atoms with van der Waals surface area (Å²) in [5.41, 5.74) is 7.09. The van der Waals surface area contributed by atoms with Crippen LogP contribution in [0.3, 0.4) is 0 Å². The van der Waals surface area contributed by atoms with Crippen molar-refractivity contribution in [3.05, 3.63) is 47.2 Å². The predicted octanol–water partition coefficient (Wildman–Crippen LogP) is 2.80. The molecule has 1 aromatic heterocycles. The van der Waals surface area contributed by atoms with Gasteiger partial charge in [-0.25, -0.2) is 0 Å². The number of carbonyl (C=O) groups excluding carboxylic acids is 1. The van der Waals surface area contributed by atoms with Crippen LogP contribution in [0.1, 0.15) is 18.7 Å². The summed E-state index contributed by atoms with van der Waals surface area (Å²) in [6.45, 7) is 1.71. The van der Waals surface area contributed by atoms with E-state index in [1.54, 1.807) is 48.0 Å². The second-order valence-corrected chi connectivity index (χ2v) is 4.75. The van der Waals surface area contributed by atoms with Crippen molar-refractivity contribution in [3.63, 3.8) is 0 Å². The summed E-state index contributed by atoms with van der Waals surface area (Å²) in [4.78, 5) is 12.2. The zero-order chi connectivity index (χ0) is 14.7. The SMILES string of the molecule is CC(C(=O)Nc1cc(Cl)ccc1N)n1cccc1C#N. The normalized spacial score (nSPS) is 11.7. The van der Waals surface area contributed by atoms with Crippen LogP contribution in [0.5, 0.6) is 0 Å². The van der Waals surface area contributed by atoms with Crippen molar-refractivity contribution in [1.29, 1.82) is 5.26 Å². The molecule has 1 heterocycles. The molecular weight excluding hydrogens is 276 g/mol. The maximum Gasteiger partial charge on any atom is 0.247 e. The Labute approximate surface area is 121 Å². The van der Waals surface area contributed by atoms with Crippen molar-refractivity contribution < 1.29 is 4.79 Å². The fourth-order valence-electron chi connectivity index (χ4n) is 1.83. The Morgan fingerprint density at radius 3 is 2.95 bits per heavy atom. The number of hydrogen-bond acceptors (Lipinski definition) is 3. The Hall–Kier alpha value is -2.45. The monoisotopic (exact) mass is 288 g/mol. The maximum atomic E-state index is 12.2. The van der Waals surface area contributed by atoms with Crippen molar-refractivity contribution in [3.8, 4) is 6.07 Å². The molecule has 3 N–H and O–H groups in total. The molecule has 102 valence electrons. The molecule has 1 amide bonds. The molecule has 0 radical (unpaired) electrons. The van der Waals surface area contributed by atoms with Crippen molar-refractivity contribution in [1.82, 2.24) is 4.57 Å². The van der Waals surface area contributed by atoms with Gasteiger partial charge in [0, 0.05) is 11.2 Å². The molecule has 0 saturated heterocycles. The molecule has 2 aromatic rings. The molecule has 0 aliphatic heterocycles. The van der Waals surface area contributed by atoms with Gasteiger partial charge in [0.1, 0.15) is 17.8 Å². The van der Waals surface area contributed by atoms with Gasteiger partial charge in [-0.05, 0) is 37.3 Å². The Balaban J connectivity index is 2.20. The minimum atomic E-state index is -0.530. The Morgan fingerprint density at radius 1 is 1.50 bits per heavy atom. The number of nitrogens with zero attached hydrogens (tertiary/aromatic N) is 2. The first-order valence-corrected chi connectivity index (χ1v) is 6.33. The number of hydrogen-bond donors (Lipinski definition) is 2. The molecule has 0 saturated carbocycles. The summed E-state index contributed by atoms with van der Waals surface area (Å²) in [7, 11) is 0. The second kappa shape index (κ2) is 5.68. The van der Waals surface area contributed by atoms with Crippen LogP contribution in [0.2, 0.25) is 5.02 Å². The predicted molar refractivity (Wildman–Crippen MR) is 78.4 cm³/mol. The molecular formula is C14H13ClN4O. The van der Waals surface area contributed by atoms with Gasteiger partial charge < -0.3 is 15.6 Å². The van der Waals surface area contributed by atoms with Crippen LogP contribution in [0.4, 0.5) is 11.4 Å². The molecule has 0 fully saturated rings. The number of benzene rings is 1. The van der Waals surface area contributed by atoms with Crippen LogP contribution >= 0.6 is 11.6 Å². The van der Waals surface area contributed by atoms with E-state index in [2.05, 4.69) is 5.32 Å². The van der Waals surface area contributed by atoms with Gasteiger partial charge in [-0.2, -0.15) is 5.26 Å². The second-order valence-electron chi connectivity index (χ2n) is 4.31. The van der Waals surface area contributed by atoms with Crippen LogP contribution in [0, 0.1) is 11.3 Å². The largest absolute Gasteiger partial charge is 0.397 e. The van der Waals surface area contributed by atoms with Gasteiger partial charge in [0.2, 0.25) is 5.91 Å². The molecule has 0 bridgehead atoms. The van der Waals surface area contributed by atoms with Crippen molar-refractivity contribution in [2.45, 2.75) is 13.0 Å². The van der Waals surface area contributed by atoms with Crippen LogP contribution in [0.25, 0.3) is 0 Å². The van der Waals surface area contributed by atoms with Gasteiger partial charge in [0.25, 0.3) is 0 Å². The highest BCUT2D eigenvalue weighted by molar-refractivity contribution is 6.31. The minimum absolute atomic E-state index is 0.272. The average molecular weight is 289 g/mol. The third-order valence-electron chi connectivity index (χ3n) is 2.96. The van der Waals surface area contributed by atoms with E-state index in [-0.39, 0.29) is 5.91 Å². The number of nitrogen functional groups attached to an aromatic ring is 1. The van der Waals surface area contributed by atoms with Crippen molar-refractivity contribution in [2.24, 2.45) is 0 Å². The van der Waals surface area contributed by atoms with E-state index in [4.69, 9.17) is 22.6 Å². The first-order chi connectivity index (χ1) is 9.52. The van der Waals surface area contributed by atoms with Crippen LogP contribution in [-0.2, 0) is 4.79 Å². The van der Waals surface area contributed by atoms with Gasteiger partial charge in [-0.3, -0.25) is 4.79 Å². The third-order valence-corrected chi connectivity index (χ3v) is 3.20. The van der Waals surface area contributed by atoms with Gasteiger partial charge >= 0.3 is 0 Å². The van der Waals surface area contributed by atoms with Crippen molar-refractivity contribution in [2.75, 3.05) is 11.1 Å². The summed E-state index contributed by atoms with van der Waals surface area (Å²) < 4.78 is 1.59. The molecule has 1 atom stereocenters. The lowest BCUT2D eigenvalue weighted by atomic mass is 10.2. The number of rotatable bonds is 3. The summed E-state index contributed by atoms with van der Waals surface area (Å²) in [6, 6.07) is 9.73. The quantitative estimate of drug-likeness (QED) is 0.852. The summed E-state index contributed by atoms with van der Waals surface area (Å²) in [5, 5.41) is 12.2. The number of amides is 1. The Bertz CT molecular complexity index is 687. The number of nitrogens with two attached hydrogens (primary N) is 1. The van der Waals surface area contributed by atoms with Gasteiger partial charge in [0.15, 0.2) is 0 Å². The lowest BCUT2D eigenvalue weighted by molar-refractivity contribution is -0.118. The van der Waals surface area contributed by atoms with E-state index in [0.29, 0.717) is 22.1 Å². The van der Waals surface area contributed by atoms with E-state index in [9.17, 15) is 4.79 Å². The van der Waals surface area contributed by atoms with Gasteiger partial charge in [-0.1, -0.05) is 11.6 Å². The summed E-state index contributed by atoms with van der Waals surface area (Å²) >= 11 is 5.87. The smallest absolute Gasteiger partial charge is 0.247 e. The number of halogens is 1. The molecule has 0 spiro atoms. The van der Waals surface area contributed by atoms with Crippen LogP contribution < -0.4 is 11.1 Å². The number of anilines is 2. The fourth-order valence-corrected chi connectivity index (χ4v) is 2.00. The van der Waals surface area contributed by atoms with Crippen LogP contribution in [0.15, 0.2) is 36.5 Å². The number of nitriles is 1. The molecule has 2 rings (SSSR count). The number of carbonyl (C=O) groups is 1. The van der Waals surface area contributed by atoms with Crippen molar-refractivity contribution >= 4 is 28.9 Å². The van der Waals surface area contributed by atoms with E-state index >= 15 is 0 Å². The van der Waals surface area contributed by atoms with E-state index in [1.807, 2.05) is 6.07 Å². The van der Waals surface area contributed by atoms with Crippen LogP contribution in [-0.4, -0.2) is 10.5 Å². The molecule has 6 heteroatoms. The molecule has 5 nitrogen and oxygen atoms in total. The molecule has 0 aliphatic rings. The molecule has 1 unspecified atom stereocenters. The standard InChI is InChI=1S/C14H13ClN4O/c1-9(19-6-2-3-11(19)8-16)14(20)18-13-7-10(15)4-5-12(13)17/h2-7,9H,17H2,1H3,(H,18,20). The Morgan fingerprint density at radius 2 is 2.25 bits per heavy atom. The van der Waals surface area contributed by atoms with E-state index in [0.717, 1.165) is 0 Å². The maximum absolute atomic E-state index is 12.2. The first-order valence-electron chi connectivity index (χ1n) is 5.95. The summed E-state index contributed by atoms with van der Waals surface area (Å²) in [5.74, 6) is -0.272. The average Bonchev–Trinajstić information content (AvgIpc) is 2.90. The van der Waals surface area contributed by atoms with Gasteiger partial charge in [-0.15, -0.1) is 0 Å². The number of aromatic nitrogens is 1. The third kappa shape index (κ3) is 2.76. The molecule has 1 aromatic carbocycles. The zero-order valence-corrected chi connectivity index (χ0v) is 11.6. The number of nitrogens with one attached hydrogen (secondary N) is 1. The topological polar surface area (TPSA) is 83.8 Å². The highest BCUT2D eigenvalue weighted by Gasteiger charge is 2.17. The highest BCUT2D eigenvalue weighted by Crippen LogP contribution is 2.24. The lowest BCUT2D eigenvalue weighted by Crippen LogP contribution is -2.24. The molecule has 0 aliphatic carbocycles. The lowest BCUT2D eigenvalue weighted by Gasteiger charge is -2.16. The Kier molecular flexibility index (Phi) is 3.97. The zero-order valence-electron chi connectivity index (χ0n) is 10.8. The van der Waals surface area contributed by atoms with Gasteiger partial charge in [0.05, 0.1) is 11.4 Å². The first kappa shape index (κ1) is 14.0. The van der Waals surface area contributed by atoms with E-state index in [1.165, 1.54) is 0 Å².